The summed E-state index contributed by atoms with van der Waals surface area (Å²) in [6.45, 7) is 4.72. The zero-order valence-electron chi connectivity index (χ0n) is 25.3. The van der Waals surface area contributed by atoms with Gasteiger partial charge in [0, 0.05) is 43.7 Å². The fourth-order valence-electron chi connectivity index (χ4n) is 8.29. The van der Waals surface area contributed by atoms with Crippen molar-refractivity contribution in [1.82, 2.24) is 9.13 Å². The van der Waals surface area contributed by atoms with E-state index in [1.165, 1.54) is 88.0 Å². The number of hydrogen-bond donors (Lipinski definition) is 0. The molecule has 0 bridgehead atoms. The van der Waals surface area contributed by atoms with E-state index in [0.717, 1.165) is 0 Å². The zero-order chi connectivity index (χ0) is 29.9. The van der Waals surface area contributed by atoms with Gasteiger partial charge in [-0.25, -0.2) is 0 Å². The number of fused-ring (bicyclic) bond motifs is 12. The van der Waals surface area contributed by atoms with Gasteiger partial charge in [-0.3, -0.25) is 0 Å². The van der Waals surface area contributed by atoms with E-state index < -0.39 is 0 Å². The van der Waals surface area contributed by atoms with Crippen molar-refractivity contribution in [1.29, 1.82) is 0 Å². The second-order valence-electron chi connectivity index (χ2n) is 13.0. The summed E-state index contributed by atoms with van der Waals surface area (Å²) in [6, 6.07) is 53.8. The Morgan fingerprint density at radius 3 is 1.82 bits per heavy atom. The Bertz CT molecular complexity index is 2670. The van der Waals surface area contributed by atoms with Gasteiger partial charge in [-0.2, -0.15) is 0 Å². The van der Waals surface area contributed by atoms with E-state index in [0.29, 0.717) is 0 Å². The van der Waals surface area contributed by atoms with E-state index in [-0.39, 0.29) is 5.41 Å². The summed E-state index contributed by atoms with van der Waals surface area (Å²) in [5.41, 5.74) is 12.8. The molecule has 0 fully saturated rings. The predicted octanol–water partition coefficient (Wildman–Crippen LogP) is 11.3. The third-order valence-corrected chi connectivity index (χ3v) is 10.3. The molecule has 2 heterocycles. The number of aromatic nitrogens is 2. The summed E-state index contributed by atoms with van der Waals surface area (Å²) in [4.78, 5) is 0. The molecular weight excluding hydrogens is 544 g/mol. The lowest BCUT2D eigenvalue weighted by Gasteiger charge is -2.21. The molecule has 9 aromatic rings. The topological polar surface area (TPSA) is 9.86 Å². The number of benzene rings is 7. The van der Waals surface area contributed by atoms with Gasteiger partial charge in [-0.15, -0.1) is 0 Å². The van der Waals surface area contributed by atoms with Gasteiger partial charge in [0.2, 0.25) is 0 Å². The SMILES string of the molecule is CC1(C)c2ccccc2-c2c1ccc1c2ccc2c3ccccc3n(-c3ccc4c(c3)c3ccccc3n4-c3ccccc3)c12. The van der Waals surface area contributed by atoms with E-state index in [9.17, 15) is 0 Å². The van der Waals surface area contributed by atoms with Crippen molar-refractivity contribution < 1.29 is 0 Å². The molecule has 0 spiro atoms. The summed E-state index contributed by atoms with van der Waals surface area (Å²) >= 11 is 0. The minimum atomic E-state index is -0.0280. The molecule has 0 N–H and O–H groups in total. The van der Waals surface area contributed by atoms with Crippen molar-refractivity contribution in [3.63, 3.8) is 0 Å². The predicted molar refractivity (Wildman–Crippen MR) is 190 cm³/mol. The van der Waals surface area contributed by atoms with Crippen molar-refractivity contribution in [3.05, 3.63) is 157 Å². The van der Waals surface area contributed by atoms with E-state index in [1.807, 2.05) is 0 Å². The first-order valence-corrected chi connectivity index (χ1v) is 15.8. The van der Waals surface area contributed by atoms with E-state index in [2.05, 4.69) is 169 Å². The van der Waals surface area contributed by atoms with Crippen LogP contribution >= 0.6 is 0 Å². The Hall–Kier alpha value is -5.60. The third-order valence-electron chi connectivity index (χ3n) is 10.3. The maximum atomic E-state index is 2.50. The summed E-state index contributed by atoms with van der Waals surface area (Å²) < 4.78 is 4.89. The molecule has 7 aromatic carbocycles. The van der Waals surface area contributed by atoms with Crippen LogP contribution in [0.5, 0.6) is 0 Å². The first kappa shape index (κ1) is 24.8. The molecule has 0 atom stereocenters. The van der Waals surface area contributed by atoms with Crippen LogP contribution in [0.4, 0.5) is 0 Å². The Balaban J connectivity index is 1.32. The van der Waals surface area contributed by atoms with Gasteiger partial charge >= 0.3 is 0 Å². The quantitative estimate of drug-likeness (QED) is 0.194. The number of rotatable bonds is 2. The van der Waals surface area contributed by atoms with Crippen LogP contribution in [-0.2, 0) is 5.41 Å². The van der Waals surface area contributed by atoms with E-state index in [1.54, 1.807) is 0 Å². The molecule has 0 amide bonds. The van der Waals surface area contributed by atoms with Crippen LogP contribution < -0.4 is 0 Å². The van der Waals surface area contributed by atoms with Gasteiger partial charge in [-0.1, -0.05) is 117 Å². The third kappa shape index (κ3) is 3.18. The highest BCUT2D eigenvalue weighted by molar-refractivity contribution is 6.21. The molecule has 2 nitrogen and oxygen atoms in total. The average Bonchev–Trinajstić information content (AvgIpc) is 3.68. The number of hydrogen-bond acceptors (Lipinski definition) is 0. The molecule has 45 heavy (non-hydrogen) atoms. The van der Waals surface area contributed by atoms with Crippen LogP contribution in [-0.4, -0.2) is 9.13 Å². The molecule has 0 radical (unpaired) electrons. The van der Waals surface area contributed by atoms with Gasteiger partial charge in [0.1, 0.15) is 0 Å². The Morgan fingerprint density at radius 1 is 0.400 bits per heavy atom. The Morgan fingerprint density at radius 2 is 1.00 bits per heavy atom. The molecule has 0 unspecified atom stereocenters. The summed E-state index contributed by atoms with van der Waals surface area (Å²) in [5.74, 6) is 0. The lowest BCUT2D eigenvalue weighted by atomic mass is 9.82. The lowest BCUT2D eigenvalue weighted by molar-refractivity contribution is 0.661. The summed E-state index contributed by atoms with van der Waals surface area (Å²) in [5, 5.41) is 7.71. The van der Waals surface area contributed by atoms with Gasteiger partial charge in [-0.05, 0) is 70.1 Å². The highest BCUT2D eigenvalue weighted by atomic mass is 15.0. The van der Waals surface area contributed by atoms with Crippen molar-refractivity contribution in [2.75, 3.05) is 0 Å². The Labute approximate surface area is 261 Å². The van der Waals surface area contributed by atoms with E-state index >= 15 is 0 Å². The number of para-hydroxylation sites is 3. The minimum Gasteiger partial charge on any atom is -0.309 e. The normalized spacial score (nSPS) is 13.7. The summed E-state index contributed by atoms with van der Waals surface area (Å²) in [6.07, 6.45) is 0. The van der Waals surface area contributed by atoms with Crippen molar-refractivity contribution in [2.45, 2.75) is 19.3 Å². The molecule has 2 aromatic heterocycles. The largest absolute Gasteiger partial charge is 0.309 e. The maximum Gasteiger partial charge on any atom is 0.0619 e. The molecule has 10 rings (SSSR count). The fraction of sp³-hybridized carbons (Fsp3) is 0.0698. The highest BCUT2D eigenvalue weighted by Crippen LogP contribution is 2.52. The molecule has 0 saturated heterocycles. The summed E-state index contributed by atoms with van der Waals surface area (Å²) in [7, 11) is 0. The van der Waals surface area contributed by atoms with Gasteiger partial charge in [0.15, 0.2) is 0 Å². The molecular formula is C43H30N2. The average molecular weight is 575 g/mol. The van der Waals surface area contributed by atoms with Crippen molar-refractivity contribution in [2.24, 2.45) is 0 Å². The standard InChI is InChI=1S/C43H30N2/c1-43(2)36-17-9-6-16-34(36)41-31-21-22-32-29-14-7-11-19-39(29)45(42(32)33(31)23-24-37(41)43)28-20-25-40-35(26-28)30-15-8-10-18-38(30)44(40)27-12-4-3-5-13-27/h3-26H,1-2H3. The fourth-order valence-corrected chi connectivity index (χ4v) is 8.29. The smallest absolute Gasteiger partial charge is 0.0619 e. The van der Waals surface area contributed by atoms with Crippen molar-refractivity contribution in [3.8, 4) is 22.5 Å². The van der Waals surface area contributed by atoms with Crippen LogP contribution in [0.1, 0.15) is 25.0 Å². The monoisotopic (exact) mass is 574 g/mol. The molecule has 0 aliphatic heterocycles. The van der Waals surface area contributed by atoms with Crippen LogP contribution in [0.2, 0.25) is 0 Å². The van der Waals surface area contributed by atoms with Gasteiger partial charge in [0.25, 0.3) is 0 Å². The van der Waals surface area contributed by atoms with Gasteiger partial charge < -0.3 is 9.13 Å². The molecule has 1 aliphatic rings. The molecule has 0 saturated carbocycles. The first-order valence-electron chi connectivity index (χ1n) is 15.8. The van der Waals surface area contributed by atoms with Crippen LogP contribution in [0.3, 0.4) is 0 Å². The van der Waals surface area contributed by atoms with Gasteiger partial charge in [0.05, 0.1) is 22.1 Å². The maximum absolute atomic E-state index is 2.50. The first-order chi connectivity index (χ1) is 22.1. The molecule has 1 aliphatic carbocycles. The number of nitrogens with zero attached hydrogens (tertiary/aromatic N) is 2. The van der Waals surface area contributed by atoms with Crippen molar-refractivity contribution >= 4 is 54.4 Å². The van der Waals surface area contributed by atoms with Crippen LogP contribution in [0.25, 0.3) is 76.9 Å². The van der Waals surface area contributed by atoms with Crippen LogP contribution in [0.15, 0.2) is 146 Å². The lowest BCUT2D eigenvalue weighted by Crippen LogP contribution is -2.14. The minimum absolute atomic E-state index is 0.0280. The van der Waals surface area contributed by atoms with E-state index in [4.69, 9.17) is 0 Å². The second kappa shape index (κ2) is 8.74. The second-order valence-corrected chi connectivity index (χ2v) is 13.0. The zero-order valence-corrected chi connectivity index (χ0v) is 25.3. The molecule has 2 heteroatoms. The highest BCUT2D eigenvalue weighted by Gasteiger charge is 2.36. The Kier molecular flexibility index (Phi) is 4.82. The van der Waals surface area contributed by atoms with Crippen LogP contribution in [0, 0.1) is 0 Å². The molecule has 212 valence electrons.